The molecular formula is C16H19Br2NO. The number of likely N-dealkylation sites (N-methyl/N-ethyl adjacent to an activating group) is 1. The van der Waals surface area contributed by atoms with Gasteiger partial charge in [0.15, 0.2) is 0 Å². The summed E-state index contributed by atoms with van der Waals surface area (Å²) in [7, 11) is 1.84. The number of amides is 1. The standard InChI is InChI=1S/C16H19Br2NO/c1-4-5-6-11-7-8-13-12(9-11)16(2,10-14(17)18)15(20)19(13)3/h7-10H,4-6H2,1-3H3. The summed E-state index contributed by atoms with van der Waals surface area (Å²) in [5, 5.41) is 0. The van der Waals surface area contributed by atoms with Crippen LogP contribution in [0.4, 0.5) is 5.69 Å². The van der Waals surface area contributed by atoms with Crippen LogP contribution in [0.3, 0.4) is 0 Å². The lowest BCUT2D eigenvalue weighted by Gasteiger charge is -2.19. The summed E-state index contributed by atoms with van der Waals surface area (Å²) in [6.07, 6.45) is 5.36. The molecular weight excluding hydrogens is 382 g/mol. The summed E-state index contributed by atoms with van der Waals surface area (Å²) >= 11 is 6.77. The lowest BCUT2D eigenvalue weighted by Crippen LogP contribution is -2.34. The highest BCUT2D eigenvalue weighted by molar-refractivity contribution is 9.28. The van der Waals surface area contributed by atoms with Crippen molar-refractivity contribution in [1.29, 1.82) is 0 Å². The van der Waals surface area contributed by atoms with Gasteiger partial charge in [0.2, 0.25) is 5.91 Å². The van der Waals surface area contributed by atoms with Gasteiger partial charge in [0.25, 0.3) is 0 Å². The molecule has 2 nitrogen and oxygen atoms in total. The van der Waals surface area contributed by atoms with E-state index in [0.29, 0.717) is 0 Å². The third kappa shape index (κ3) is 2.73. The second kappa shape index (κ2) is 6.02. The first-order valence-corrected chi connectivity index (χ1v) is 8.44. The van der Waals surface area contributed by atoms with Crippen molar-refractivity contribution >= 4 is 43.5 Å². The number of unbranched alkanes of at least 4 members (excludes halogenated alkanes) is 1. The van der Waals surface area contributed by atoms with E-state index in [1.165, 1.54) is 18.4 Å². The van der Waals surface area contributed by atoms with Crippen LogP contribution in [0.15, 0.2) is 27.7 Å². The summed E-state index contributed by atoms with van der Waals surface area (Å²) in [5.74, 6) is 0.108. The van der Waals surface area contributed by atoms with E-state index in [2.05, 4.69) is 57.0 Å². The first-order chi connectivity index (χ1) is 9.40. The van der Waals surface area contributed by atoms with Gasteiger partial charge >= 0.3 is 0 Å². The molecule has 1 aromatic rings. The molecule has 1 aliphatic rings. The van der Waals surface area contributed by atoms with Gasteiger partial charge < -0.3 is 4.90 Å². The van der Waals surface area contributed by atoms with Crippen LogP contribution in [-0.4, -0.2) is 13.0 Å². The number of halogens is 2. The van der Waals surface area contributed by atoms with Crippen molar-refractivity contribution in [3.63, 3.8) is 0 Å². The Morgan fingerprint density at radius 3 is 2.70 bits per heavy atom. The molecule has 4 heteroatoms. The van der Waals surface area contributed by atoms with Crippen molar-refractivity contribution in [3.05, 3.63) is 38.8 Å². The van der Waals surface area contributed by atoms with Gasteiger partial charge in [-0.05, 0) is 74.9 Å². The van der Waals surface area contributed by atoms with Crippen LogP contribution >= 0.6 is 31.9 Å². The monoisotopic (exact) mass is 399 g/mol. The molecule has 1 aromatic carbocycles. The van der Waals surface area contributed by atoms with Gasteiger partial charge in [-0.25, -0.2) is 0 Å². The van der Waals surface area contributed by atoms with E-state index in [9.17, 15) is 4.79 Å². The van der Waals surface area contributed by atoms with Crippen LogP contribution in [0, 0.1) is 0 Å². The average molecular weight is 401 g/mol. The summed E-state index contributed by atoms with van der Waals surface area (Å²) in [4.78, 5) is 14.3. The quantitative estimate of drug-likeness (QED) is 0.704. The predicted molar refractivity (Wildman–Crippen MR) is 91.8 cm³/mol. The van der Waals surface area contributed by atoms with E-state index >= 15 is 0 Å². The highest BCUT2D eigenvalue weighted by Gasteiger charge is 2.44. The number of fused-ring (bicyclic) bond motifs is 1. The largest absolute Gasteiger partial charge is 0.314 e. The SMILES string of the molecule is CCCCc1ccc2c(c1)C(C)(C=C(Br)Br)C(=O)N2C. The molecule has 0 aliphatic carbocycles. The van der Waals surface area contributed by atoms with Gasteiger partial charge in [0.05, 0.1) is 8.81 Å². The maximum atomic E-state index is 12.6. The number of anilines is 1. The minimum atomic E-state index is -0.603. The zero-order chi connectivity index (χ0) is 14.9. The fourth-order valence-corrected chi connectivity index (χ4v) is 3.67. The van der Waals surface area contributed by atoms with Gasteiger partial charge in [0, 0.05) is 12.7 Å². The van der Waals surface area contributed by atoms with Gasteiger partial charge in [-0.3, -0.25) is 4.79 Å². The molecule has 0 spiro atoms. The molecule has 2 rings (SSSR count). The van der Waals surface area contributed by atoms with E-state index in [0.717, 1.165) is 21.1 Å². The van der Waals surface area contributed by atoms with Crippen LogP contribution in [0.25, 0.3) is 0 Å². The molecule has 0 fully saturated rings. The molecule has 0 radical (unpaired) electrons. The molecule has 1 amide bonds. The number of benzene rings is 1. The zero-order valence-electron chi connectivity index (χ0n) is 12.0. The molecule has 0 N–H and O–H groups in total. The van der Waals surface area contributed by atoms with Crippen molar-refractivity contribution in [3.8, 4) is 0 Å². The Kier molecular flexibility index (Phi) is 4.75. The Bertz CT molecular complexity index is 564. The fraction of sp³-hybridized carbons (Fsp3) is 0.438. The fourth-order valence-electron chi connectivity index (χ4n) is 2.76. The highest BCUT2D eigenvalue weighted by atomic mass is 79.9. The first-order valence-electron chi connectivity index (χ1n) is 6.85. The van der Waals surface area contributed by atoms with Crippen LogP contribution in [-0.2, 0) is 16.6 Å². The average Bonchev–Trinajstić information content (AvgIpc) is 2.58. The smallest absolute Gasteiger partial charge is 0.241 e. The molecule has 1 atom stereocenters. The van der Waals surface area contributed by atoms with Gasteiger partial charge in [0.1, 0.15) is 0 Å². The van der Waals surface area contributed by atoms with Gasteiger partial charge in [-0.2, -0.15) is 0 Å². The second-order valence-corrected chi connectivity index (χ2v) is 8.23. The molecule has 0 aromatic heterocycles. The third-order valence-electron chi connectivity index (χ3n) is 3.95. The van der Waals surface area contributed by atoms with E-state index in [1.54, 1.807) is 4.90 Å². The Hall–Kier alpha value is -0.610. The van der Waals surface area contributed by atoms with Crippen molar-refractivity contribution in [2.24, 2.45) is 0 Å². The Morgan fingerprint density at radius 2 is 2.10 bits per heavy atom. The molecule has 0 saturated heterocycles. The third-order valence-corrected chi connectivity index (χ3v) is 4.41. The zero-order valence-corrected chi connectivity index (χ0v) is 15.2. The van der Waals surface area contributed by atoms with Gasteiger partial charge in [-0.1, -0.05) is 25.5 Å². The molecule has 0 saturated carbocycles. The minimum Gasteiger partial charge on any atom is -0.314 e. The number of rotatable bonds is 4. The summed E-state index contributed by atoms with van der Waals surface area (Å²) in [6.45, 7) is 4.17. The van der Waals surface area contributed by atoms with E-state index in [1.807, 2.05) is 20.0 Å². The molecule has 108 valence electrons. The highest BCUT2D eigenvalue weighted by Crippen LogP contribution is 2.44. The maximum absolute atomic E-state index is 12.6. The second-order valence-electron chi connectivity index (χ2n) is 5.46. The van der Waals surface area contributed by atoms with Gasteiger partial charge in [-0.15, -0.1) is 0 Å². The van der Waals surface area contributed by atoms with Crippen LogP contribution in [0.2, 0.25) is 0 Å². The van der Waals surface area contributed by atoms with Crippen molar-refractivity contribution in [2.75, 3.05) is 11.9 Å². The number of carbonyl (C=O) groups is 1. The Morgan fingerprint density at radius 1 is 1.40 bits per heavy atom. The van der Waals surface area contributed by atoms with E-state index in [-0.39, 0.29) is 5.91 Å². The number of hydrogen-bond acceptors (Lipinski definition) is 1. The molecule has 20 heavy (non-hydrogen) atoms. The molecule has 1 unspecified atom stereocenters. The Balaban J connectivity index is 2.50. The molecule has 0 bridgehead atoms. The van der Waals surface area contributed by atoms with Crippen LogP contribution in [0.1, 0.15) is 37.8 Å². The Labute approximate surface area is 137 Å². The lowest BCUT2D eigenvalue weighted by molar-refractivity contribution is -0.120. The number of hydrogen-bond donors (Lipinski definition) is 0. The van der Waals surface area contributed by atoms with Crippen LogP contribution in [0.5, 0.6) is 0 Å². The first kappa shape index (κ1) is 15.8. The van der Waals surface area contributed by atoms with Crippen molar-refractivity contribution in [1.82, 2.24) is 0 Å². The lowest BCUT2D eigenvalue weighted by atomic mass is 9.83. The normalized spacial score (nSPS) is 21.1. The minimum absolute atomic E-state index is 0.108. The van der Waals surface area contributed by atoms with Crippen LogP contribution < -0.4 is 4.90 Å². The van der Waals surface area contributed by atoms with E-state index < -0.39 is 5.41 Å². The van der Waals surface area contributed by atoms with Crippen molar-refractivity contribution < 1.29 is 4.79 Å². The maximum Gasteiger partial charge on any atom is 0.241 e. The molecule has 1 aliphatic heterocycles. The number of carbonyl (C=O) groups excluding carboxylic acids is 1. The van der Waals surface area contributed by atoms with E-state index in [4.69, 9.17) is 0 Å². The predicted octanol–water partition coefficient (Wildman–Crippen LogP) is 4.89. The molecule has 1 heterocycles. The van der Waals surface area contributed by atoms with Crippen molar-refractivity contribution in [2.45, 2.75) is 38.5 Å². The number of nitrogens with zero attached hydrogens (tertiary/aromatic N) is 1. The summed E-state index contributed by atoms with van der Waals surface area (Å²) in [6, 6.07) is 6.39. The summed E-state index contributed by atoms with van der Waals surface area (Å²) in [5.41, 5.74) is 2.80. The topological polar surface area (TPSA) is 20.3 Å². The number of aryl methyl sites for hydroxylation is 1. The summed E-state index contributed by atoms with van der Waals surface area (Å²) < 4.78 is 0.807.